The zero-order chi connectivity index (χ0) is 38.9. The smallest absolute Gasteiger partial charge is 0.398 e. The highest BCUT2D eigenvalue weighted by molar-refractivity contribution is 14.1. The third kappa shape index (κ3) is 14.5. The van der Waals surface area contributed by atoms with Gasteiger partial charge in [0.25, 0.3) is 0 Å². The SMILES string of the molecule is C.CC(C)NS(=O)(=O)c1ccccc1N.CC(C)NS(=O)(=O)c1ccccc1Nc1cc(Cl)ncc1C(F)(F)F.FC(F)(F)c1cnc(Cl)cc1I. The van der Waals surface area contributed by atoms with E-state index < -0.39 is 43.5 Å². The van der Waals surface area contributed by atoms with E-state index in [9.17, 15) is 43.2 Å². The summed E-state index contributed by atoms with van der Waals surface area (Å²) in [5.74, 6) is 0. The van der Waals surface area contributed by atoms with Crippen LogP contribution in [-0.4, -0.2) is 38.9 Å². The van der Waals surface area contributed by atoms with E-state index >= 15 is 0 Å². The maximum atomic E-state index is 13.1. The van der Waals surface area contributed by atoms with Crippen molar-refractivity contribution in [1.29, 1.82) is 0 Å². The highest BCUT2D eigenvalue weighted by Gasteiger charge is 2.35. The molecule has 0 saturated heterocycles. The Balaban J connectivity index is 0.000000424. The van der Waals surface area contributed by atoms with Crippen LogP contribution in [0.3, 0.4) is 0 Å². The molecule has 52 heavy (non-hydrogen) atoms. The van der Waals surface area contributed by atoms with Crippen LogP contribution in [0.15, 0.2) is 82.8 Å². The summed E-state index contributed by atoms with van der Waals surface area (Å²) in [7, 11) is -7.38. The number of pyridine rings is 2. The van der Waals surface area contributed by atoms with Gasteiger partial charge in [0.2, 0.25) is 20.0 Å². The first-order chi connectivity index (χ1) is 23.3. The number of nitrogens with zero attached hydrogens (tertiary/aromatic N) is 2. The first kappa shape index (κ1) is 47.1. The summed E-state index contributed by atoms with van der Waals surface area (Å²) in [6.45, 7) is 6.79. The van der Waals surface area contributed by atoms with Crippen molar-refractivity contribution >= 4 is 82.9 Å². The number of hydrogen-bond donors (Lipinski definition) is 4. The molecule has 0 bridgehead atoms. The third-order valence-corrected chi connectivity index (χ3v) is 10.5. The molecule has 0 aliphatic carbocycles. The van der Waals surface area contributed by atoms with E-state index in [2.05, 4.69) is 24.7 Å². The minimum absolute atomic E-state index is 0. The summed E-state index contributed by atoms with van der Waals surface area (Å²) in [6, 6.07) is 13.7. The van der Waals surface area contributed by atoms with Gasteiger partial charge in [-0.3, -0.25) is 0 Å². The second-order valence-corrected chi connectivity index (χ2v) is 16.0. The monoisotopic (exact) mass is 930 g/mol. The summed E-state index contributed by atoms with van der Waals surface area (Å²) >= 11 is 12.6. The number of nitrogens with two attached hydrogens (primary N) is 1. The number of nitrogens with one attached hydrogen (secondary N) is 3. The van der Waals surface area contributed by atoms with Crippen LogP contribution in [-0.2, 0) is 32.4 Å². The predicted molar refractivity (Wildman–Crippen MR) is 199 cm³/mol. The summed E-state index contributed by atoms with van der Waals surface area (Å²) in [5, 5.41) is 2.41. The molecule has 0 aliphatic heterocycles. The summed E-state index contributed by atoms with van der Waals surface area (Å²) in [4.78, 5) is 6.74. The number of para-hydroxylation sites is 2. The van der Waals surface area contributed by atoms with Gasteiger partial charge in [0.15, 0.2) is 0 Å². The number of alkyl halides is 6. The Morgan fingerprint density at radius 2 is 1.12 bits per heavy atom. The number of anilines is 3. The molecule has 2 heterocycles. The van der Waals surface area contributed by atoms with E-state index in [0.29, 0.717) is 6.20 Å². The Labute approximate surface area is 322 Å². The molecule has 0 spiro atoms. The number of aromatic nitrogens is 2. The number of sulfonamides is 2. The van der Waals surface area contributed by atoms with E-state index in [1.807, 2.05) is 0 Å². The molecule has 21 heteroatoms. The molecule has 0 fully saturated rings. The van der Waals surface area contributed by atoms with E-state index in [0.717, 1.165) is 12.3 Å². The zero-order valence-corrected chi connectivity index (χ0v) is 32.2. The van der Waals surface area contributed by atoms with Crippen LogP contribution in [0.5, 0.6) is 0 Å². The molecule has 0 atom stereocenters. The van der Waals surface area contributed by atoms with Crippen molar-refractivity contribution in [2.75, 3.05) is 11.1 Å². The van der Waals surface area contributed by atoms with Crippen molar-refractivity contribution in [1.82, 2.24) is 19.4 Å². The fourth-order valence-electron chi connectivity index (χ4n) is 3.80. The molecule has 0 radical (unpaired) electrons. The Morgan fingerprint density at radius 3 is 1.58 bits per heavy atom. The second-order valence-electron chi connectivity index (χ2n) is 10.7. The van der Waals surface area contributed by atoms with Gasteiger partial charge in [0.1, 0.15) is 20.1 Å². The van der Waals surface area contributed by atoms with Crippen LogP contribution < -0.4 is 20.5 Å². The number of halogens is 9. The fourth-order valence-corrected chi connectivity index (χ4v) is 7.83. The molecule has 4 rings (SSSR count). The van der Waals surface area contributed by atoms with Crippen LogP contribution in [0.1, 0.15) is 46.2 Å². The zero-order valence-electron chi connectivity index (χ0n) is 26.9. The van der Waals surface area contributed by atoms with Gasteiger partial charge in [0.05, 0.1) is 28.2 Å². The molecule has 0 unspecified atom stereocenters. The predicted octanol–water partition coefficient (Wildman–Crippen LogP) is 9.13. The molecule has 2 aromatic carbocycles. The van der Waals surface area contributed by atoms with Gasteiger partial charge in [-0.25, -0.2) is 36.2 Å². The quantitative estimate of drug-likeness (QED) is 0.0590. The number of nitrogen functional groups attached to an aromatic ring is 1. The fraction of sp³-hybridized carbons (Fsp3) is 0.290. The van der Waals surface area contributed by atoms with Crippen molar-refractivity contribution in [3.05, 3.63) is 98.1 Å². The van der Waals surface area contributed by atoms with Crippen molar-refractivity contribution in [2.24, 2.45) is 0 Å². The van der Waals surface area contributed by atoms with Gasteiger partial charge >= 0.3 is 12.4 Å². The minimum Gasteiger partial charge on any atom is -0.398 e. The van der Waals surface area contributed by atoms with Gasteiger partial charge in [-0.1, -0.05) is 54.9 Å². The van der Waals surface area contributed by atoms with Crippen LogP contribution in [0, 0.1) is 3.57 Å². The van der Waals surface area contributed by atoms with Crippen molar-refractivity contribution in [3.8, 4) is 0 Å². The van der Waals surface area contributed by atoms with E-state index in [4.69, 9.17) is 28.9 Å². The topological polar surface area (TPSA) is 156 Å². The van der Waals surface area contributed by atoms with E-state index in [1.54, 1.807) is 68.5 Å². The Hall–Kier alpha value is -2.95. The molecule has 0 aliphatic rings. The molecular weight excluding hydrogens is 896 g/mol. The lowest BCUT2D eigenvalue weighted by Crippen LogP contribution is -2.30. The summed E-state index contributed by atoms with van der Waals surface area (Å²) < 4.78 is 129. The Kier molecular flexibility index (Phi) is 17.6. The van der Waals surface area contributed by atoms with Gasteiger partial charge in [-0.2, -0.15) is 26.3 Å². The first-order valence-electron chi connectivity index (χ1n) is 14.2. The normalized spacial score (nSPS) is 11.9. The molecule has 10 nitrogen and oxygen atoms in total. The number of rotatable bonds is 8. The van der Waals surface area contributed by atoms with Gasteiger partial charge in [-0.15, -0.1) is 0 Å². The molecule has 2 aromatic heterocycles. The molecular formula is C31H35Cl2F6IN6O4S2. The van der Waals surface area contributed by atoms with E-state index in [-0.39, 0.29) is 60.2 Å². The highest BCUT2D eigenvalue weighted by atomic mass is 127. The molecule has 288 valence electrons. The lowest BCUT2D eigenvalue weighted by Gasteiger charge is -2.17. The molecule has 0 amide bonds. The van der Waals surface area contributed by atoms with Gasteiger partial charge in [0, 0.05) is 28.0 Å². The van der Waals surface area contributed by atoms with Crippen molar-refractivity contribution in [2.45, 2.75) is 69.3 Å². The lowest BCUT2D eigenvalue weighted by molar-refractivity contribution is -0.138. The maximum Gasteiger partial charge on any atom is 0.419 e. The second kappa shape index (κ2) is 19.4. The van der Waals surface area contributed by atoms with Crippen LogP contribution in [0.4, 0.5) is 43.4 Å². The summed E-state index contributed by atoms with van der Waals surface area (Å²) in [5.41, 5.74) is 3.62. The van der Waals surface area contributed by atoms with Crippen LogP contribution in [0.25, 0.3) is 0 Å². The number of hydrogen-bond acceptors (Lipinski definition) is 8. The van der Waals surface area contributed by atoms with Gasteiger partial charge < -0.3 is 11.1 Å². The van der Waals surface area contributed by atoms with Gasteiger partial charge in [-0.05, 0) is 86.7 Å². The van der Waals surface area contributed by atoms with Crippen molar-refractivity contribution in [3.63, 3.8) is 0 Å². The van der Waals surface area contributed by atoms with Crippen LogP contribution in [0.2, 0.25) is 10.3 Å². The van der Waals surface area contributed by atoms with Crippen molar-refractivity contribution < 1.29 is 43.2 Å². The average Bonchev–Trinajstić information content (AvgIpc) is 2.95. The third-order valence-electron chi connectivity index (χ3n) is 5.74. The molecule has 4 aromatic rings. The standard InChI is InChI=1S/C15H15ClF3N3O2S.C9H14N2O2S.C6H2ClF3IN.CH4/c1-9(2)22-25(23,24)13-6-4-3-5-11(13)21-12-7-14(16)20-8-10(12)15(17,18)19;1-7(2)11-14(12,13)9-6-4-3-5-8(9)10;7-5-1-4(11)3(2-12-5)6(8,9)10;/h3-9,22H,1-2H3,(H,20,21);3-7,11H,10H2,1-2H3;1-2H;1H4. The largest absolute Gasteiger partial charge is 0.419 e. The number of benzene rings is 2. The molecule has 5 N–H and O–H groups in total. The van der Waals surface area contributed by atoms with Crippen LogP contribution >= 0.6 is 45.8 Å². The first-order valence-corrected chi connectivity index (χ1v) is 19.0. The van der Waals surface area contributed by atoms with E-state index in [1.165, 1.54) is 36.4 Å². The maximum absolute atomic E-state index is 13.1. The average molecular weight is 932 g/mol. The Bertz CT molecular complexity index is 2020. The lowest BCUT2D eigenvalue weighted by atomic mass is 10.2. The minimum atomic E-state index is -4.68. The molecule has 0 saturated carbocycles. The Morgan fingerprint density at radius 1 is 0.692 bits per heavy atom. The summed E-state index contributed by atoms with van der Waals surface area (Å²) in [6.07, 6.45) is -7.71. The highest BCUT2D eigenvalue weighted by Crippen LogP contribution is 2.38.